The number of carbonyl (C=O) groups excluding carboxylic acids is 1. The first kappa shape index (κ1) is 19.3. The third-order valence-electron chi connectivity index (χ3n) is 5.68. The Morgan fingerprint density at radius 2 is 1.83 bits per heavy atom. The summed E-state index contributed by atoms with van der Waals surface area (Å²) in [4.78, 5) is 32.1. The molecule has 4 rings (SSSR count). The maximum atomic E-state index is 13.1. The molecular weight excluding hydrogens is 369 g/mol. The van der Waals surface area contributed by atoms with E-state index in [4.69, 9.17) is 0 Å². The van der Waals surface area contributed by atoms with Crippen molar-refractivity contribution in [3.8, 4) is 0 Å². The number of benzene rings is 2. The van der Waals surface area contributed by atoms with Crippen LogP contribution in [0.2, 0.25) is 0 Å². The summed E-state index contributed by atoms with van der Waals surface area (Å²) >= 11 is 0. The highest BCUT2D eigenvalue weighted by Gasteiger charge is 2.26. The quantitative estimate of drug-likeness (QED) is 0.644. The Kier molecular flexibility index (Phi) is 5.69. The van der Waals surface area contributed by atoms with Crippen LogP contribution in [0, 0.1) is 5.82 Å². The van der Waals surface area contributed by atoms with Gasteiger partial charge in [-0.3, -0.25) is 14.2 Å². The van der Waals surface area contributed by atoms with E-state index in [0.717, 1.165) is 31.2 Å². The van der Waals surface area contributed by atoms with E-state index in [2.05, 4.69) is 4.98 Å². The number of para-hydroxylation sites is 1. The molecule has 1 amide bonds. The number of hydrogen-bond donors (Lipinski definition) is 0. The molecule has 150 valence electrons. The molecule has 29 heavy (non-hydrogen) atoms. The highest BCUT2D eigenvalue weighted by molar-refractivity contribution is 5.79. The highest BCUT2D eigenvalue weighted by Crippen LogP contribution is 2.24. The molecule has 1 aliphatic rings. The molecule has 0 spiro atoms. The number of halogens is 1. The van der Waals surface area contributed by atoms with E-state index in [1.54, 1.807) is 30.3 Å². The fraction of sp³-hybridized carbons (Fsp3) is 0.348. The lowest BCUT2D eigenvalue weighted by molar-refractivity contribution is -0.134. The summed E-state index contributed by atoms with van der Waals surface area (Å²) in [6, 6.07) is 13.7. The Bertz CT molecular complexity index is 1060. The molecule has 0 aliphatic heterocycles. The van der Waals surface area contributed by atoms with Crippen LogP contribution in [0.3, 0.4) is 0 Å². The van der Waals surface area contributed by atoms with Crippen molar-refractivity contribution < 1.29 is 9.18 Å². The largest absolute Gasteiger partial charge is 0.338 e. The lowest BCUT2D eigenvalue weighted by Gasteiger charge is -2.29. The molecule has 1 heterocycles. The maximum absolute atomic E-state index is 13.1. The van der Waals surface area contributed by atoms with Gasteiger partial charge >= 0.3 is 0 Å². The zero-order valence-electron chi connectivity index (χ0n) is 16.3. The Balaban J connectivity index is 1.52. The minimum Gasteiger partial charge on any atom is -0.338 e. The molecule has 2 aromatic carbocycles. The van der Waals surface area contributed by atoms with Gasteiger partial charge in [-0.2, -0.15) is 0 Å². The summed E-state index contributed by atoms with van der Waals surface area (Å²) in [7, 11) is 0. The molecule has 3 aromatic rings. The molecule has 0 atom stereocenters. The predicted octanol–water partition coefficient (Wildman–Crippen LogP) is 3.55. The first-order valence-electron chi connectivity index (χ1n) is 10.1. The first-order valence-corrected chi connectivity index (χ1v) is 10.1. The average Bonchev–Trinajstić information content (AvgIpc) is 3.26. The predicted molar refractivity (Wildman–Crippen MR) is 110 cm³/mol. The van der Waals surface area contributed by atoms with Crippen molar-refractivity contribution in [3.05, 3.63) is 76.6 Å². The fourth-order valence-corrected chi connectivity index (χ4v) is 4.08. The third kappa shape index (κ3) is 4.36. The first-order chi connectivity index (χ1) is 14.1. The average molecular weight is 393 g/mol. The van der Waals surface area contributed by atoms with Crippen LogP contribution in [0.4, 0.5) is 4.39 Å². The second kappa shape index (κ2) is 8.55. The Morgan fingerprint density at radius 3 is 2.59 bits per heavy atom. The van der Waals surface area contributed by atoms with Gasteiger partial charge in [0.1, 0.15) is 12.4 Å². The molecule has 0 radical (unpaired) electrons. The van der Waals surface area contributed by atoms with Crippen LogP contribution in [0.15, 0.2) is 59.7 Å². The summed E-state index contributed by atoms with van der Waals surface area (Å²) in [5, 5.41) is 0.515. The van der Waals surface area contributed by atoms with E-state index in [9.17, 15) is 14.0 Å². The number of aromatic nitrogens is 2. The van der Waals surface area contributed by atoms with Crippen molar-refractivity contribution in [1.29, 1.82) is 0 Å². The van der Waals surface area contributed by atoms with Gasteiger partial charge in [0.05, 0.1) is 17.2 Å². The normalized spacial score (nSPS) is 14.4. The lowest BCUT2D eigenvalue weighted by Crippen LogP contribution is -2.43. The molecule has 0 N–H and O–H groups in total. The topological polar surface area (TPSA) is 55.2 Å². The van der Waals surface area contributed by atoms with Gasteiger partial charge in [-0.1, -0.05) is 37.1 Å². The summed E-state index contributed by atoms with van der Waals surface area (Å²) in [6.45, 7) is 0.543. The van der Waals surface area contributed by atoms with Crippen LogP contribution >= 0.6 is 0 Å². The lowest BCUT2D eigenvalue weighted by atomic mass is 10.1. The van der Waals surface area contributed by atoms with E-state index in [1.807, 2.05) is 11.0 Å². The zero-order chi connectivity index (χ0) is 20.2. The molecular formula is C23H24FN3O2. The standard InChI is InChI=1S/C23H24FN3O2/c24-18-11-9-17(10-12-18)13-14-27(19-5-1-2-6-19)22(28)15-26-16-25-21-8-4-3-7-20(21)23(26)29/h3-4,7-12,16,19H,1-2,5-6,13-15H2. The molecule has 1 saturated carbocycles. The number of hydrogen-bond acceptors (Lipinski definition) is 3. The van der Waals surface area contributed by atoms with Gasteiger partial charge in [-0.05, 0) is 49.1 Å². The van der Waals surface area contributed by atoms with E-state index in [0.29, 0.717) is 23.9 Å². The number of rotatable bonds is 6. The molecule has 1 aromatic heterocycles. The minimum atomic E-state index is -0.263. The van der Waals surface area contributed by atoms with Crippen LogP contribution in [0.5, 0.6) is 0 Å². The molecule has 1 aliphatic carbocycles. The molecule has 0 unspecified atom stereocenters. The van der Waals surface area contributed by atoms with Crippen molar-refractivity contribution in [1.82, 2.24) is 14.5 Å². The van der Waals surface area contributed by atoms with Crippen molar-refractivity contribution >= 4 is 16.8 Å². The molecule has 5 nitrogen and oxygen atoms in total. The monoisotopic (exact) mass is 393 g/mol. The Hall–Kier alpha value is -3.02. The molecule has 0 saturated heterocycles. The summed E-state index contributed by atoms with van der Waals surface area (Å²) in [5.41, 5.74) is 1.42. The number of nitrogens with zero attached hydrogens (tertiary/aromatic N) is 3. The van der Waals surface area contributed by atoms with E-state index < -0.39 is 0 Å². The second-order valence-corrected chi connectivity index (χ2v) is 7.60. The SMILES string of the molecule is O=C(Cn1cnc2ccccc2c1=O)N(CCc1ccc(F)cc1)C1CCCC1. The molecule has 0 bridgehead atoms. The smallest absolute Gasteiger partial charge is 0.261 e. The van der Waals surface area contributed by atoms with Crippen molar-refractivity contribution in [2.75, 3.05) is 6.54 Å². The number of fused-ring (bicyclic) bond motifs is 1. The zero-order valence-corrected chi connectivity index (χ0v) is 16.3. The van der Waals surface area contributed by atoms with Crippen LogP contribution in [0.25, 0.3) is 10.9 Å². The molecule has 6 heteroatoms. The molecule has 1 fully saturated rings. The summed E-state index contributed by atoms with van der Waals surface area (Å²) in [5.74, 6) is -0.334. The van der Waals surface area contributed by atoms with Crippen molar-refractivity contribution in [3.63, 3.8) is 0 Å². The maximum Gasteiger partial charge on any atom is 0.261 e. The number of carbonyl (C=O) groups is 1. The van der Waals surface area contributed by atoms with E-state index in [-0.39, 0.29) is 29.9 Å². The van der Waals surface area contributed by atoms with Crippen molar-refractivity contribution in [2.24, 2.45) is 0 Å². The van der Waals surface area contributed by atoms with Gasteiger partial charge in [-0.15, -0.1) is 0 Å². The van der Waals surface area contributed by atoms with Gasteiger partial charge in [-0.25, -0.2) is 9.37 Å². The van der Waals surface area contributed by atoms with Gasteiger partial charge < -0.3 is 4.90 Å². The van der Waals surface area contributed by atoms with Crippen LogP contribution in [0.1, 0.15) is 31.2 Å². The van der Waals surface area contributed by atoms with Gasteiger partial charge in [0.15, 0.2) is 0 Å². The van der Waals surface area contributed by atoms with Crippen LogP contribution in [-0.4, -0.2) is 32.9 Å². The fourth-order valence-electron chi connectivity index (χ4n) is 4.08. The number of amides is 1. The Morgan fingerprint density at radius 1 is 1.10 bits per heavy atom. The summed E-state index contributed by atoms with van der Waals surface area (Å²) < 4.78 is 14.5. The second-order valence-electron chi connectivity index (χ2n) is 7.60. The van der Waals surface area contributed by atoms with Gasteiger partial charge in [0, 0.05) is 12.6 Å². The third-order valence-corrected chi connectivity index (χ3v) is 5.68. The van der Waals surface area contributed by atoms with Crippen molar-refractivity contribution in [2.45, 2.75) is 44.7 Å². The highest BCUT2D eigenvalue weighted by atomic mass is 19.1. The minimum absolute atomic E-state index is 0.0173. The summed E-state index contributed by atoms with van der Waals surface area (Å²) in [6.07, 6.45) is 6.31. The van der Waals surface area contributed by atoms with E-state index >= 15 is 0 Å². The van der Waals surface area contributed by atoms with Gasteiger partial charge in [0.2, 0.25) is 5.91 Å². The Labute approximate surface area is 168 Å². The van der Waals surface area contributed by atoms with E-state index in [1.165, 1.54) is 23.0 Å². The van der Waals surface area contributed by atoms with Gasteiger partial charge in [0.25, 0.3) is 5.56 Å². The van der Waals surface area contributed by atoms with Crippen LogP contribution < -0.4 is 5.56 Å². The van der Waals surface area contributed by atoms with Crippen LogP contribution in [-0.2, 0) is 17.8 Å².